The molecule has 0 fully saturated rings. The Morgan fingerprint density at radius 1 is 0.248 bits per heavy atom. The van der Waals surface area contributed by atoms with Gasteiger partial charge in [-0.05, 0) is 156 Å². The lowest BCUT2D eigenvalue weighted by molar-refractivity contribution is 1.09. The van der Waals surface area contributed by atoms with Crippen molar-refractivity contribution in [2.45, 2.75) is 0 Å². The fourth-order valence-corrected chi connectivity index (χ4v) is 20.2. The van der Waals surface area contributed by atoms with Crippen molar-refractivity contribution in [2.24, 2.45) is 0 Å². The minimum atomic E-state index is 0.973. The number of rotatable bonds is 7. The number of aromatic nitrogens is 7. The summed E-state index contributed by atoms with van der Waals surface area (Å²) in [5.74, 6) is 0. The Hall–Kier alpha value is -13.6. The molecular formula is C99H61N7S3. The van der Waals surface area contributed by atoms with Gasteiger partial charge in [0.05, 0.1) is 55.7 Å². The molecule has 0 amide bonds. The van der Waals surface area contributed by atoms with Gasteiger partial charge in [-0.3, -0.25) is 9.55 Å². The standard InChI is InChI=1S/C41H26N2S.C31H19N3S.C27H16N2S/c1-3-11-28(12-4-1)34-25-30(26-35(42-34)29-13-5-2-6-14-29)27-19-21-31(22-20-27)43-36-17-9-7-15-32(36)40-37(43)23-24-39-41(40)33-16-8-10-18-38(33)44-39;1-2-9-20(10-3-1)33-19-32-31-25(33)14-8-15-26(31)34-23-13-6-4-11-21(23)29-24(34)17-18-28-30(29)22-12-5-7-16-27(22)35-28;1-3-7-22-20(5-1)26-23(11-12-25-27(26)21-6-2-4-8-24(21)30-25)29(22)19-10-9-18-16-28-14-13-17(18)15-19/h1-26H;1-19H;1-16H. The van der Waals surface area contributed by atoms with E-state index in [0.29, 0.717) is 0 Å². The quantitative estimate of drug-likeness (QED) is 0.160. The maximum atomic E-state index is 5.06. The highest BCUT2D eigenvalue weighted by atomic mass is 32.1. The number of benzene rings is 15. The number of thiophene rings is 3. The van der Waals surface area contributed by atoms with Gasteiger partial charge in [0.2, 0.25) is 0 Å². The molecule has 15 aromatic carbocycles. The monoisotopic (exact) mass is 1440 g/mol. The van der Waals surface area contributed by atoms with E-state index < -0.39 is 0 Å². The number of nitrogens with zero attached hydrogens (tertiary/aromatic N) is 7. The number of fused-ring (bicyclic) bond motifs is 23. The molecule has 0 aliphatic rings. The van der Waals surface area contributed by atoms with Gasteiger partial charge in [-0.1, -0.05) is 212 Å². The van der Waals surface area contributed by atoms with Crippen LogP contribution in [0.2, 0.25) is 0 Å². The molecule has 109 heavy (non-hydrogen) atoms. The highest BCUT2D eigenvalue weighted by Gasteiger charge is 2.23. The van der Waals surface area contributed by atoms with Crippen LogP contribution < -0.4 is 0 Å². The van der Waals surface area contributed by atoms with E-state index in [2.05, 4.69) is 357 Å². The summed E-state index contributed by atoms with van der Waals surface area (Å²) in [6.07, 6.45) is 5.72. The van der Waals surface area contributed by atoms with E-state index in [-0.39, 0.29) is 0 Å². The number of para-hydroxylation sites is 5. The van der Waals surface area contributed by atoms with Gasteiger partial charge >= 0.3 is 0 Å². The summed E-state index contributed by atoms with van der Waals surface area (Å²) in [6.45, 7) is 0. The molecule has 10 heteroatoms. The number of hydrogen-bond donors (Lipinski definition) is 0. The van der Waals surface area contributed by atoms with Crippen molar-refractivity contribution >= 4 is 182 Å². The van der Waals surface area contributed by atoms with Crippen LogP contribution in [0.1, 0.15) is 0 Å². The second kappa shape index (κ2) is 25.6. The molecule has 0 spiro atoms. The first-order chi connectivity index (χ1) is 54.1. The van der Waals surface area contributed by atoms with E-state index >= 15 is 0 Å². The van der Waals surface area contributed by atoms with Crippen LogP contribution in [0.25, 0.3) is 204 Å². The lowest BCUT2D eigenvalue weighted by Gasteiger charge is -2.12. The molecule has 9 heterocycles. The van der Waals surface area contributed by atoms with Crippen molar-refractivity contribution < 1.29 is 0 Å². The van der Waals surface area contributed by atoms with Gasteiger partial charge in [0.1, 0.15) is 11.8 Å². The average Bonchev–Trinajstić information content (AvgIpc) is 1.56. The Morgan fingerprint density at radius 2 is 0.679 bits per heavy atom. The van der Waals surface area contributed by atoms with Crippen LogP contribution in [-0.4, -0.2) is 33.2 Å². The fourth-order valence-electron chi connectivity index (χ4n) is 16.9. The van der Waals surface area contributed by atoms with E-state index in [9.17, 15) is 0 Å². The lowest BCUT2D eigenvalue weighted by atomic mass is 10.00. The van der Waals surface area contributed by atoms with Crippen molar-refractivity contribution in [2.75, 3.05) is 0 Å². The first-order valence-corrected chi connectivity index (χ1v) is 39.1. The summed E-state index contributed by atoms with van der Waals surface area (Å²) in [5, 5.41) is 18.3. The number of imidazole rings is 1. The largest absolute Gasteiger partial charge is 0.309 e. The molecule has 24 rings (SSSR count). The summed E-state index contributed by atoms with van der Waals surface area (Å²) < 4.78 is 17.4. The molecule has 0 saturated carbocycles. The summed E-state index contributed by atoms with van der Waals surface area (Å²) >= 11 is 5.62. The molecule has 510 valence electrons. The molecule has 0 atom stereocenters. The third kappa shape index (κ3) is 10.2. The molecule has 0 N–H and O–H groups in total. The van der Waals surface area contributed by atoms with Crippen LogP contribution in [-0.2, 0) is 0 Å². The van der Waals surface area contributed by atoms with Crippen molar-refractivity contribution in [3.8, 4) is 56.4 Å². The van der Waals surface area contributed by atoms with Crippen LogP contribution in [0.5, 0.6) is 0 Å². The van der Waals surface area contributed by atoms with Crippen LogP contribution in [0, 0.1) is 0 Å². The normalized spacial score (nSPS) is 11.9. The molecular weight excluding hydrogens is 1380 g/mol. The summed E-state index contributed by atoms with van der Waals surface area (Å²) in [5.41, 5.74) is 20.5. The van der Waals surface area contributed by atoms with Crippen molar-refractivity contribution in [3.05, 3.63) is 371 Å². The maximum Gasteiger partial charge on any atom is 0.113 e. The molecule has 7 nitrogen and oxygen atoms in total. The molecule has 0 aliphatic heterocycles. The van der Waals surface area contributed by atoms with Gasteiger partial charge in [-0.15, -0.1) is 34.0 Å². The zero-order chi connectivity index (χ0) is 71.6. The first-order valence-electron chi connectivity index (χ1n) is 36.7. The summed E-state index contributed by atoms with van der Waals surface area (Å²) in [6, 6.07) is 126. The molecule has 24 aromatic rings. The Bertz CT molecular complexity index is 7670. The van der Waals surface area contributed by atoms with E-state index in [1.54, 1.807) is 0 Å². The SMILES string of the molecule is c1ccc(-c2cc(-c3ccc(-n4c5ccccc5c5c6c(ccc54)sc4ccccc46)cc3)cc(-c3ccccc3)n2)cc1.c1ccc(-n2cnc3c(-n4c5ccccc5c5c6c(ccc54)sc4ccccc46)cccc32)cc1.c1ccc2c(c1)sc1ccc3c(c4ccccc4n3-c3ccc4cnccc4c3)c12. The molecule has 9 aromatic heterocycles. The van der Waals surface area contributed by atoms with E-state index in [1.165, 1.54) is 137 Å². The predicted octanol–water partition coefficient (Wildman–Crippen LogP) is 27.7. The third-order valence-electron chi connectivity index (χ3n) is 21.7. The Labute approximate surface area is 637 Å². The van der Waals surface area contributed by atoms with Crippen molar-refractivity contribution in [1.29, 1.82) is 0 Å². The highest BCUT2D eigenvalue weighted by molar-refractivity contribution is 7.27. The Kier molecular flexibility index (Phi) is 14.7. The van der Waals surface area contributed by atoms with Crippen LogP contribution in [0.4, 0.5) is 0 Å². The van der Waals surface area contributed by atoms with E-state index in [1.807, 2.05) is 70.9 Å². The number of pyridine rings is 2. The second-order valence-electron chi connectivity index (χ2n) is 27.8. The summed E-state index contributed by atoms with van der Waals surface area (Å²) in [4.78, 5) is 14.2. The minimum absolute atomic E-state index is 0.973. The van der Waals surface area contributed by atoms with Crippen LogP contribution in [0.15, 0.2) is 371 Å². The van der Waals surface area contributed by atoms with Crippen molar-refractivity contribution in [3.63, 3.8) is 0 Å². The molecule has 0 saturated heterocycles. The van der Waals surface area contributed by atoms with Crippen molar-refractivity contribution in [1.82, 2.24) is 33.2 Å². The van der Waals surface area contributed by atoms with E-state index in [0.717, 1.165) is 67.1 Å². The fraction of sp³-hybridized carbons (Fsp3) is 0. The number of hydrogen-bond acceptors (Lipinski definition) is 6. The average molecular weight is 1440 g/mol. The maximum absolute atomic E-state index is 5.06. The molecule has 0 radical (unpaired) electrons. The zero-order valence-corrected chi connectivity index (χ0v) is 61.0. The van der Waals surface area contributed by atoms with Crippen LogP contribution >= 0.6 is 34.0 Å². The third-order valence-corrected chi connectivity index (χ3v) is 25.1. The Balaban J connectivity index is 0.000000103. The first kappa shape index (κ1) is 62.7. The van der Waals surface area contributed by atoms with Gasteiger partial charge in [0.25, 0.3) is 0 Å². The molecule has 0 bridgehead atoms. The highest BCUT2D eigenvalue weighted by Crippen LogP contribution is 2.48. The van der Waals surface area contributed by atoms with Crippen LogP contribution in [0.3, 0.4) is 0 Å². The summed E-state index contributed by atoms with van der Waals surface area (Å²) in [7, 11) is 0. The topological polar surface area (TPSA) is 58.4 Å². The smallest absolute Gasteiger partial charge is 0.113 e. The Morgan fingerprint density at radius 3 is 1.20 bits per heavy atom. The molecule has 0 unspecified atom stereocenters. The van der Waals surface area contributed by atoms with Gasteiger partial charge in [0.15, 0.2) is 0 Å². The van der Waals surface area contributed by atoms with Gasteiger partial charge in [-0.2, -0.15) is 0 Å². The van der Waals surface area contributed by atoms with Gasteiger partial charge in [-0.25, -0.2) is 9.97 Å². The lowest BCUT2D eigenvalue weighted by Crippen LogP contribution is -1.96. The zero-order valence-electron chi connectivity index (χ0n) is 58.6. The van der Waals surface area contributed by atoms with Gasteiger partial charge in [0, 0.05) is 139 Å². The van der Waals surface area contributed by atoms with E-state index in [4.69, 9.17) is 9.97 Å². The molecule has 0 aliphatic carbocycles. The second-order valence-corrected chi connectivity index (χ2v) is 31.0. The van der Waals surface area contributed by atoms with Gasteiger partial charge < -0.3 is 13.7 Å². The predicted molar refractivity (Wildman–Crippen MR) is 465 cm³/mol. The minimum Gasteiger partial charge on any atom is -0.309 e.